The Morgan fingerprint density at radius 3 is 2.70 bits per heavy atom. The number of pyridine rings is 1. The van der Waals surface area contributed by atoms with Crippen LogP contribution in [0.1, 0.15) is 15.9 Å². The number of carbonyl (C=O) groups is 1. The molecule has 2 aromatic heterocycles. The summed E-state index contributed by atoms with van der Waals surface area (Å²) < 4.78 is 7.01. The van der Waals surface area contributed by atoms with Gasteiger partial charge in [-0.25, -0.2) is 4.68 Å². The van der Waals surface area contributed by atoms with E-state index in [4.69, 9.17) is 4.74 Å². The summed E-state index contributed by atoms with van der Waals surface area (Å²) in [5, 5.41) is 14.3. The normalized spacial score (nSPS) is 10.6. The highest BCUT2D eigenvalue weighted by molar-refractivity contribution is 5.96. The maximum Gasteiger partial charge on any atom is 0.251 e. The molecule has 8 heteroatoms. The van der Waals surface area contributed by atoms with Crippen LogP contribution in [-0.2, 0) is 6.42 Å². The van der Waals surface area contributed by atoms with Crippen LogP contribution in [0.2, 0.25) is 0 Å². The Morgan fingerprint density at radius 1 is 1.10 bits per heavy atom. The summed E-state index contributed by atoms with van der Waals surface area (Å²) in [5.74, 6) is 0.547. The van der Waals surface area contributed by atoms with Crippen molar-refractivity contribution in [3.63, 3.8) is 0 Å². The predicted octanol–water partition coefficient (Wildman–Crippen LogP) is 2.71. The lowest BCUT2D eigenvalue weighted by molar-refractivity contribution is 0.0954. The second-order valence-electron chi connectivity index (χ2n) is 6.58. The minimum Gasteiger partial charge on any atom is -0.496 e. The van der Waals surface area contributed by atoms with Gasteiger partial charge < -0.3 is 10.1 Å². The molecule has 0 saturated carbocycles. The zero-order valence-corrected chi connectivity index (χ0v) is 16.4. The third-order valence-corrected chi connectivity index (χ3v) is 4.66. The van der Waals surface area contributed by atoms with E-state index in [1.54, 1.807) is 25.6 Å². The largest absolute Gasteiger partial charge is 0.496 e. The molecule has 4 rings (SSSR count). The first kappa shape index (κ1) is 19.3. The highest BCUT2D eigenvalue weighted by atomic mass is 16.5. The van der Waals surface area contributed by atoms with E-state index in [1.807, 2.05) is 48.5 Å². The molecule has 0 aliphatic rings. The Bertz CT molecular complexity index is 1130. The molecular weight excluding hydrogens is 380 g/mol. The van der Waals surface area contributed by atoms with Gasteiger partial charge in [0.05, 0.1) is 12.8 Å². The summed E-state index contributed by atoms with van der Waals surface area (Å²) in [4.78, 5) is 16.9. The van der Waals surface area contributed by atoms with Gasteiger partial charge in [0.25, 0.3) is 5.91 Å². The van der Waals surface area contributed by atoms with Crippen molar-refractivity contribution in [1.82, 2.24) is 30.5 Å². The minimum atomic E-state index is -0.171. The molecule has 4 aromatic rings. The molecule has 2 heterocycles. The van der Waals surface area contributed by atoms with Crippen molar-refractivity contribution in [3.05, 3.63) is 84.4 Å². The van der Waals surface area contributed by atoms with Crippen LogP contribution in [0.3, 0.4) is 0 Å². The fraction of sp³-hybridized carbons (Fsp3) is 0.136. The highest BCUT2D eigenvalue weighted by Gasteiger charge is 2.13. The summed E-state index contributed by atoms with van der Waals surface area (Å²) in [5.41, 5.74) is 4.02. The molecule has 0 spiro atoms. The first-order valence-electron chi connectivity index (χ1n) is 9.43. The third-order valence-electron chi connectivity index (χ3n) is 4.66. The van der Waals surface area contributed by atoms with Crippen molar-refractivity contribution >= 4 is 5.91 Å². The number of aromatic nitrogens is 5. The minimum absolute atomic E-state index is 0.171. The van der Waals surface area contributed by atoms with Crippen LogP contribution in [0.5, 0.6) is 5.75 Å². The van der Waals surface area contributed by atoms with Crippen LogP contribution in [-0.4, -0.2) is 44.8 Å². The third kappa shape index (κ3) is 4.33. The molecule has 0 saturated heterocycles. The molecule has 0 fully saturated rings. The Kier molecular flexibility index (Phi) is 5.75. The van der Waals surface area contributed by atoms with E-state index in [1.165, 1.54) is 11.0 Å². The molecule has 2 aromatic carbocycles. The second kappa shape index (κ2) is 8.95. The molecule has 0 aliphatic heterocycles. The number of methoxy groups -OCH3 is 1. The number of hydrogen-bond donors (Lipinski definition) is 1. The van der Waals surface area contributed by atoms with Crippen molar-refractivity contribution in [1.29, 1.82) is 0 Å². The monoisotopic (exact) mass is 400 g/mol. The Morgan fingerprint density at radius 2 is 1.93 bits per heavy atom. The zero-order valence-electron chi connectivity index (χ0n) is 16.4. The van der Waals surface area contributed by atoms with Crippen molar-refractivity contribution < 1.29 is 9.53 Å². The number of amides is 1. The van der Waals surface area contributed by atoms with Crippen LogP contribution in [0.15, 0.2) is 73.3 Å². The van der Waals surface area contributed by atoms with Gasteiger partial charge in [-0.3, -0.25) is 9.78 Å². The fourth-order valence-electron chi connectivity index (χ4n) is 3.16. The van der Waals surface area contributed by atoms with Crippen LogP contribution >= 0.6 is 0 Å². The molecule has 0 aliphatic carbocycles. The molecule has 1 N–H and O–H groups in total. The number of hydrogen-bond acceptors (Lipinski definition) is 6. The highest BCUT2D eigenvalue weighted by Crippen LogP contribution is 2.31. The first-order chi connectivity index (χ1) is 14.7. The fourth-order valence-corrected chi connectivity index (χ4v) is 3.16. The van der Waals surface area contributed by atoms with Gasteiger partial charge >= 0.3 is 0 Å². The van der Waals surface area contributed by atoms with Gasteiger partial charge in [0, 0.05) is 30.1 Å². The number of carbonyl (C=O) groups excluding carboxylic acids is 1. The van der Waals surface area contributed by atoms with Crippen molar-refractivity contribution in [3.8, 4) is 22.6 Å². The average molecular weight is 400 g/mol. The Balaban J connectivity index is 1.63. The van der Waals surface area contributed by atoms with Crippen LogP contribution in [0, 0.1) is 0 Å². The average Bonchev–Trinajstić information content (AvgIpc) is 3.34. The molecule has 8 nitrogen and oxygen atoms in total. The molecule has 0 bridgehead atoms. The van der Waals surface area contributed by atoms with Gasteiger partial charge in [-0.1, -0.05) is 18.2 Å². The summed E-state index contributed by atoms with van der Waals surface area (Å²) in [6.07, 6.45) is 5.70. The Labute approximate surface area is 173 Å². The van der Waals surface area contributed by atoms with E-state index in [0.29, 0.717) is 17.8 Å². The van der Waals surface area contributed by atoms with E-state index < -0.39 is 0 Å². The van der Waals surface area contributed by atoms with Gasteiger partial charge in [-0.2, -0.15) is 0 Å². The van der Waals surface area contributed by atoms with Crippen LogP contribution in [0.25, 0.3) is 16.8 Å². The maximum atomic E-state index is 12.9. The number of nitrogens with zero attached hydrogens (tertiary/aromatic N) is 5. The van der Waals surface area contributed by atoms with Gasteiger partial charge in [0.1, 0.15) is 12.1 Å². The van der Waals surface area contributed by atoms with E-state index >= 15 is 0 Å². The molecule has 150 valence electrons. The molecule has 1 amide bonds. The summed E-state index contributed by atoms with van der Waals surface area (Å²) in [7, 11) is 1.62. The van der Waals surface area contributed by atoms with Gasteiger partial charge in [0.2, 0.25) is 0 Å². The molecule has 0 radical (unpaired) electrons. The quantitative estimate of drug-likeness (QED) is 0.513. The number of rotatable bonds is 7. The second-order valence-corrected chi connectivity index (χ2v) is 6.58. The predicted molar refractivity (Wildman–Crippen MR) is 111 cm³/mol. The molecule has 0 atom stereocenters. The molecule has 0 unspecified atom stereocenters. The van der Waals surface area contributed by atoms with Gasteiger partial charge in [0.15, 0.2) is 0 Å². The number of para-hydroxylation sites is 1. The van der Waals surface area contributed by atoms with Gasteiger partial charge in [-0.15, -0.1) is 5.10 Å². The number of tetrazole rings is 1. The van der Waals surface area contributed by atoms with E-state index in [2.05, 4.69) is 25.8 Å². The lowest BCUT2D eigenvalue weighted by atomic mass is 10.0. The van der Waals surface area contributed by atoms with E-state index in [-0.39, 0.29) is 5.91 Å². The SMILES string of the molecule is COc1ccccc1-c1cc(C(=O)NCCc2ccncc2)cc(-n2cnnn2)c1. The summed E-state index contributed by atoms with van der Waals surface area (Å²) >= 11 is 0. The number of nitrogens with one attached hydrogen (secondary N) is 1. The van der Waals surface area contributed by atoms with Crippen molar-refractivity contribution in [2.24, 2.45) is 0 Å². The Hall–Kier alpha value is -4.07. The standard InChI is InChI=1S/C22H20N6O2/c1-30-21-5-3-2-4-20(21)17-12-18(14-19(13-17)28-15-25-26-27-28)22(29)24-11-8-16-6-9-23-10-7-16/h2-7,9-10,12-15H,8,11H2,1H3,(H,24,29). The smallest absolute Gasteiger partial charge is 0.251 e. The van der Waals surface area contributed by atoms with Crippen molar-refractivity contribution in [2.45, 2.75) is 6.42 Å². The van der Waals surface area contributed by atoms with E-state index in [0.717, 1.165) is 28.9 Å². The lowest BCUT2D eigenvalue weighted by Crippen LogP contribution is -2.26. The lowest BCUT2D eigenvalue weighted by Gasteiger charge is -2.13. The molecular formula is C22H20N6O2. The topological polar surface area (TPSA) is 94.8 Å². The first-order valence-corrected chi connectivity index (χ1v) is 9.43. The van der Waals surface area contributed by atoms with E-state index in [9.17, 15) is 4.79 Å². The van der Waals surface area contributed by atoms with Crippen LogP contribution < -0.4 is 10.1 Å². The number of benzene rings is 2. The summed E-state index contributed by atoms with van der Waals surface area (Å²) in [6.45, 7) is 0.516. The van der Waals surface area contributed by atoms with Crippen molar-refractivity contribution in [2.75, 3.05) is 13.7 Å². The van der Waals surface area contributed by atoms with Gasteiger partial charge in [-0.05, 0) is 64.4 Å². The number of ether oxygens (including phenoxy) is 1. The molecule has 30 heavy (non-hydrogen) atoms. The van der Waals surface area contributed by atoms with Crippen LogP contribution in [0.4, 0.5) is 0 Å². The maximum absolute atomic E-state index is 12.9. The zero-order chi connectivity index (χ0) is 20.8. The summed E-state index contributed by atoms with van der Waals surface area (Å²) in [6, 6.07) is 17.0.